The molecule has 39 heavy (non-hydrogen) atoms. The van der Waals surface area contributed by atoms with Gasteiger partial charge in [0.15, 0.2) is 5.76 Å². The number of nitro benzene ring substituents is 1. The van der Waals surface area contributed by atoms with Crippen LogP contribution in [0.5, 0.6) is 0 Å². The molecule has 4 aromatic rings. The Balaban J connectivity index is 1.47. The van der Waals surface area contributed by atoms with E-state index in [0.717, 1.165) is 11.6 Å². The minimum Gasteiger partial charge on any atom is -0.459 e. The number of hydrogen-bond acceptors (Lipinski definition) is 6. The fourth-order valence-corrected chi connectivity index (χ4v) is 4.95. The molecule has 1 aliphatic rings. The van der Waals surface area contributed by atoms with Crippen LogP contribution in [0.3, 0.4) is 0 Å². The molecule has 0 saturated carbocycles. The number of halogens is 3. The van der Waals surface area contributed by atoms with Crippen molar-refractivity contribution < 1.29 is 32.4 Å². The Labute approximate surface area is 220 Å². The van der Waals surface area contributed by atoms with Crippen molar-refractivity contribution in [3.63, 3.8) is 0 Å². The predicted molar refractivity (Wildman–Crippen MR) is 135 cm³/mol. The van der Waals surface area contributed by atoms with Gasteiger partial charge in [-0.15, -0.1) is 0 Å². The van der Waals surface area contributed by atoms with Crippen LogP contribution in [0.2, 0.25) is 0 Å². The number of carbonyl (C=O) groups excluding carboxylic acids is 1. The third-order valence-electron chi connectivity index (χ3n) is 7.03. The van der Waals surface area contributed by atoms with Crippen LogP contribution in [-0.2, 0) is 12.1 Å². The first kappa shape index (κ1) is 26.4. The molecule has 1 atom stereocenters. The minimum atomic E-state index is -5.05. The maximum absolute atomic E-state index is 14.6. The standard InChI is InChI=1S/C27H25F3N4O5/c28-27(29,30)26(36,18-31-10-12-32(13-11-31)25(35)24-7-4-14-39-24)22-17-33(16-19-5-2-1-3-6-19)23-15-20(34(37)38)8-9-21(22)23/h1-9,14-15,17,36H,10-13,16,18H2. The number of β-amino-alcohol motifs (C(OH)–C–C–N with tert-alkyl or cyclic N) is 1. The van der Waals surface area contributed by atoms with Gasteiger partial charge in [0.25, 0.3) is 11.6 Å². The molecule has 204 valence electrons. The molecule has 1 fully saturated rings. The lowest BCUT2D eigenvalue weighted by Gasteiger charge is -2.40. The number of benzene rings is 2. The van der Waals surface area contributed by atoms with Gasteiger partial charge in [0, 0.05) is 68.5 Å². The Kier molecular flexibility index (Phi) is 6.91. The van der Waals surface area contributed by atoms with Crippen molar-refractivity contribution in [1.82, 2.24) is 14.4 Å². The van der Waals surface area contributed by atoms with E-state index in [1.807, 2.05) is 0 Å². The summed E-state index contributed by atoms with van der Waals surface area (Å²) in [6.45, 7) is -0.0659. The maximum atomic E-state index is 14.6. The van der Waals surface area contributed by atoms with E-state index in [2.05, 4.69) is 0 Å². The molecule has 9 nitrogen and oxygen atoms in total. The highest BCUT2D eigenvalue weighted by molar-refractivity contribution is 5.91. The molecule has 1 unspecified atom stereocenters. The van der Waals surface area contributed by atoms with Crippen LogP contribution in [0.25, 0.3) is 10.9 Å². The lowest BCUT2D eigenvalue weighted by atomic mass is 9.91. The van der Waals surface area contributed by atoms with Crippen molar-refractivity contribution in [2.75, 3.05) is 32.7 Å². The van der Waals surface area contributed by atoms with E-state index in [9.17, 15) is 33.2 Å². The highest BCUT2D eigenvalue weighted by Crippen LogP contribution is 2.44. The summed E-state index contributed by atoms with van der Waals surface area (Å²) in [5.74, 6) is -0.202. The van der Waals surface area contributed by atoms with Crippen molar-refractivity contribution in [3.8, 4) is 0 Å². The van der Waals surface area contributed by atoms with Gasteiger partial charge in [0.05, 0.1) is 16.7 Å². The second-order valence-corrected chi connectivity index (χ2v) is 9.52. The zero-order valence-corrected chi connectivity index (χ0v) is 20.7. The first-order chi connectivity index (χ1) is 18.6. The molecule has 0 radical (unpaired) electrons. The van der Waals surface area contributed by atoms with Gasteiger partial charge >= 0.3 is 6.18 Å². The predicted octanol–water partition coefficient (Wildman–Crippen LogP) is 4.40. The highest BCUT2D eigenvalue weighted by atomic mass is 19.4. The summed E-state index contributed by atoms with van der Waals surface area (Å²) in [4.78, 5) is 26.3. The summed E-state index contributed by atoms with van der Waals surface area (Å²) >= 11 is 0. The molecule has 1 amide bonds. The van der Waals surface area contributed by atoms with E-state index in [1.54, 1.807) is 36.4 Å². The zero-order chi connectivity index (χ0) is 27.8. The molecule has 12 heteroatoms. The summed E-state index contributed by atoms with van der Waals surface area (Å²) in [5.41, 5.74) is -2.93. The van der Waals surface area contributed by atoms with Gasteiger partial charge in [0.1, 0.15) is 0 Å². The summed E-state index contributed by atoms with van der Waals surface area (Å²) < 4.78 is 50.5. The summed E-state index contributed by atoms with van der Waals surface area (Å²) in [6.07, 6.45) is -2.46. The number of furan rings is 1. The molecular weight excluding hydrogens is 517 g/mol. The van der Waals surface area contributed by atoms with Gasteiger partial charge in [-0.25, -0.2) is 0 Å². The Morgan fingerprint density at radius 1 is 1.03 bits per heavy atom. The summed E-state index contributed by atoms with van der Waals surface area (Å²) in [7, 11) is 0. The molecule has 0 aliphatic carbocycles. The Hall–Kier alpha value is -4.16. The molecule has 1 N–H and O–H groups in total. The van der Waals surface area contributed by atoms with Crippen LogP contribution in [0.15, 0.2) is 77.5 Å². The maximum Gasteiger partial charge on any atom is 0.422 e. The molecule has 1 saturated heterocycles. The second kappa shape index (κ2) is 10.2. The Bertz CT molecular complexity index is 1480. The molecule has 0 bridgehead atoms. The van der Waals surface area contributed by atoms with Gasteiger partial charge in [-0.1, -0.05) is 30.3 Å². The van der Waals surface area contributed by atoms with E-state index >= 15 is 0 Å². The SMILES string of the molecule is O=C(c1ccco1)N1CCN(CC(O)(c2cn(Cc3ccccc3)c3cc([N+](=O)[O-])ccc23)C(F)(F)F)CC1. The molecule has 0 spiro atoms. The summed E-state index contributed by atoms with van der Waals surface area (Å²) in [5, 5.41) is 22.8. The number of non-ortho nitro benzene ring substituents is 1. The fraction of sp³-hybridized carbons (Fsp3) is 0.296. The number of aliphatic hydroxyl groups is 1. The number of amides is 1. The van der Waals surface area contributed by atoms with Crippen LogP contribution >= 0.6 is 0 Å². The summed E-state index contributed by atoms with van der Waals surface area (Å²) in [6, 6.07) is 15.7. The van der Waals surface area contributed by atoms with Gasteiger partial charge in [0.2, 0.25) is 5.60 Å². The number of aromatic nitrogens is 1. The average molecular weight is 543 g/mol. The van der Waals surface area contributed by atoms with Crippen LogP contribution in [0, 0.1) is 10.1 Å². The molecule has 1 aliphatic heterocycles. The number of nitro groups is 1. The van der Waals surface area contributed by atoms with Crippen LogP contribution in [0.4, 0.5) is 18.9 Å². The quantitative estimate of drug-likeness (QED) is 0.274. The Morgan fingerprint density at radius 2 is 1.74 bits per heavy atom. The van der Waals surface area contributed by atoms with Gasteiger partial charge in [-0.05, 0) is 23.8 Å². The van der Waals surface area contributed by atoms with Crippen molar-refractivity contribution in [1.29, 1.82) is 0 Å². The number of rotatable bonds is 7. The minimum absolute atomic E-state index is 0.0722. The Morgan fingerprint density at radius 3 is 2.36 bits per heavy atom. The number of nitrogens with zero attached hydrogens (tertiary/aromatic N) is 4. The monoisotopic (exact) mass is 542 g/mol. The highest BCUT2D eigenvalue weighted by Gasteiger charge is 2.57. The van der Waals surface area contributed by atoms with E-state index in [4.69, 9.17) is 4.42 Å². The largest absolute Gasteiger partial charge is 0.459 e. The van der Waals surface area contributed by atoms with E-state index in [1.165, 1.54) is 45.0 Å². The molecule has 3 heterocycles. The van der Waals surface area contributed by atoms with Crippen molar-refractivity contribution in [2.45, 2.75) is 18.3 Å². The van der Waals surface area contributed by atoms with Crippen LogP contribution < -0.4 is 0 Å². The van der Waals surface area contributed by atoms with Crippen LogP contribution in [0.1, 0.15) is 21.7 Å². The van der Waals surface area contributed by atoms with Crippen molar-refractivity contribution in [2.24, 2.45) is 0 Å². The first-order valence-electron chi connectivity index (χ1n) is 12.2. The number of fused-ring (bicyclic) bond motifs is 1. The number of carbonyl (C=O) groups is 1. The molecule has 5 rings (SSSR count). The van der Waals surface area contributed by atoms with Gasteiger partial charge in [-0.2, -0.15) is 13.2 Å². The van der Waals surface area contributed by atoms with Crippen molar-refractivity contribution in [3.05, 3.63) is 100 Å². The van der Waals surface area contributed by atoms with E-state index in [-0.39, 0.29) is 66.5 Å². The topological polar surface area (TPSA) is 105 Å². The number of piperazine rings is 1. The van der Waals surface area contributed by atoms with E-state index < -0.39 is 23.2 Å². The lowest BCUT2D eigenvalue weighted by Crippen LogP contribution is -2.56. The molecular formula is C27H25F3N4O5. The molecule has 2 aromatic carbocycles. The number of hydrogen-bond donors (Lipinski definition) is 1. The fourth-order valence-electron chi connectivity index (χ4n) is 4.95. The lowest BCUT2D eigenvalue weighted by molar-refractivity contribution is -0.384. The van der Waals surface area contributed by atoms with Crippen molar-refractivity contribution >= 4 is 22.5 Å². The van der Waals surface area contributed by atoms with Crippen LogP contribution in [-0.4, -0.2) is 69.2 Å². The number of alkyl halides is 3. The molecule has 2 aromatic heterocycles. The van der Waals surface area contributed by atoms with E-state index in [0.29, 0.717) is 0 Å². The second-order valence-electron chi connectivity index (χ2n) is 9.52. The van der Waals surface area contributed by atoms with Gasteiger partial charge in [-0.3, -0.25) is 19.8 Å². The first-order valence-corrected chi connectivity index (χ1v) is 12.2. The third-order valence-corrected chi connectivity index (χ3v) is 7.03. The third kappa shape index (κ3) is 5.12. The average Bonchev–Trinajstić information content (AvgIpc) is 3.57. The smallest absolute Gasteiger partial charge is 0.422 e. The van der Waals surface area contributed by atoms with Gasteiger partial charge < -0.3 is 19.0 Å². The zero-order valence-electron chi connectivity index (χ0n) is 20.7. The normalized spacial score (nSPS) is 16.4.